The Hall–Kier alpha value is -0.770. The van der Waals surface area contributed by atoms with Gasteiger partial charge in [-0.15, -0.1) is 0 Å². The molecule has 0 aromatic rings. The zero-order chi connectivity index (χ0) is 14.8. The molecule has 1 aliphatic heterocycles. The minimum Gasteiger partial charge on any atom is -0.444 e. The van der Waals surface area contributed by atoms with E-state index in [0.29, 0.717) is 0 Å². The topological polar surface area (TPSA) is 38.8 Å². The van der Waals surface area contributed by atoms with Gasteiger partial charge in [-0.05, 0) is 52.9 Å². The molecule has 1 heterocycles. The van der Waals surface area contributed by atoms with Crippen molar-refractivity contribution in [1.29, 1.82) is 0 Å². The van der Waals surface area contributed by atoms with E-state index in [1.54, 1.807) is 4.90 Å². The van der Waals surface area contributed by atoms with Gasteiger partial charge in [0.15, 0.2) is 0 Å². The van der Waals surface area contributed by atoms with Gasteiger partial charge in [0.2, 0.25) is 0 Å². The van der Waals surface area contributed by atoms with Crippen molar-refractivity contribution in [1.82, 2.24) is 4.90 Å². The van der Waals surface area contributed by atoms with Gasteiger partial charge in [-0.1, -0.05) is 12.8 Å². The molecule has 0 N–H and O–H groups in total. The first-order chi connectivity index (χ1) is 9.27. The molecule has 0 radical (unpaired) electrons. The summed E-state index contributed by atoms with van der Waals surface area (Å²) in [6.45, 7) is 10.2. The maximum atomic E-state index is 12.0. The molecular weight excluding hydrogens is 254 g/mol. The van der Waals surface area contributed by atoms with Crippen molar-refractivity contribution in [2.75, 3.05) is 19.7 Å². The van der Waals surface area contributed by atoms with Gasteiger partial charge in [-0.2, -0.15) is 0 Å². The van der Waals surface area contributed by atoms with Gasteiger partial charge in [0.05, 0.1) is 5.60 Å². The molecule has 2 fully saturated rings. The average molecular weight is 283 g/mol. The summed E-state index contributed by atoms with van der Waals surface area (Å²) in [7, 11) is 0. The number of likely N-dealkylation sites (tertiary alicyclic amines) is 1. The summed E-state index contributed by atoms with van der Waals surface area (Å²) in [6, 6.07) is 0. The monoisotopic (exact) mass is 283 g/mol. The van der Waals surface area contributed by atoms with Crippen LogP contribution in [0, 0.1) is 5.92 Å². The number of piperidine rings is 1. The number of amides is 1. The van der Waals surface area contributed by atoms with Crippen molar-refractivity contribution in [3.63, 3.8) is 0 Å². The van der Waals surface area contributed by atoms with Gasteiger partial charge < -0.3 is 14.4 Å². The molecule has 1 saturated heterocycles. The van der Waals surface area contributed by atoms with Gasteiger partial charge in [-0.25, -0.2) is 4.79 Å². The molecule has 2 aliphatic rings. The third-order valence-corrected chi connectivity index (χ3v) is 4.15. The van der Waals surface area contributed by atoms with Crippen LogP contribution in [-0.2, 0) is 9.47 Å². The van der Waals surface area contributed by atoms with Crippen LogP contribution in [0.25, 0.3) is 0 Å². The first-order valence-electron chi connectivity index (χ1n) is 7.89. The SMILES string of the molecule is CC(C)(C)OC(=O)N1CCC(C)(OCCC2CC2)CC1. The normalized spacial score (nSPS) is 22.7. The summed E-state index contributed by atoms with van der Waals surface area (Å²) >= 11 is 0. The van der Waals surface area contributed by atoms with Crippen LogP contribution < -0.4 is 0 Å². The number of carbonyl (C=O) groups excluding carboxylic acids is 1. The number of carbonyl (C=O) groups is 1. The smallest absolute Gasteiger partial charge is 0.410 e. The fourth-order valence-electron chi connectivity index (χ4n) is 2.51. The molecule has 0 aromatic carbocycles. The van der Waals surface area contributed by atoms with E-state index in [2.05, 4.69) is 6.92 Å². The number of rotatable bonds is 4. The minimum absolute atomic E-state index is 0.0621. The van der Waals surface area contributed by atoms with Crippen LogP contribution in [0.4, 0.5) is 4.79 Å². The molecule has 1 aliphatic carbocycles. The molecule has 0 spiro atoms. The van der Waals surface area contributed by atoms with E-state index in [4.69, 9.17) is 9.47 Å². The molecule has 1 amide bonds. The number of hydrogen-bond acceptors (Lipinski definition) is 3. The van der Waals surface area contributed by atoms with Gasteiger partial charge in [0, 0.05) is 19.7 Å². The zero-order valence-electron chi connectivity index (χ0n) is 13.4. The lowest BCUT2D eigenvalue weighted by Crippen LogP contribution is -2.48. The Morgan fingerprint density at radius 3 is 2.35 bits per heavy atom. The Balaban J connectivity index is 1.71. The standard InChI is InChI=1S/C16H29NO3/c1-15(2,3)20-14(18)17-10-8-16(4,9-11-17)19-12-7-13-5-6-13/h13H,5-12H2,1-4H3. The Bertz CT molecular complexity index is 336. The summed E-state index contributed by atoms with van der Waals surface area (Å²) in [5.74, 6) is 0.917. The van der Waals surface area contributed by atoms with Crippen LogP contribution in [0.5, 0.6) is 0 Å². The molecule has 0 bridgehead atoms. The van der Waals surface area contributed by atoms with Crippen LogP contribution in [0.1, 0.15) is 59.8 Å². The quantitative estimate of drug-likeness (QED) is 0.791. The van der Waals surface area contributed by atoms with Crippen molar-refractivity contribution >= 4 is 6.09 Å². The van der Waals surface area contributed by atoms with Crippen LogP contribution in [0.15, 0.2) is 0 Å². The number of nitrogens with zero attached hydrogens (tertiary/aromatic N) is 1. The molecule has 20 heavy (non-hydrogen) atoms. The highest BCUT2D eigenvalue weighted by Crippen LogP contribution is 2.34. The van der Waals surface area contributed by atoms with E-state index in [1.165, 1.54) is 19.3 Å². The van der Waals surface area contributed by atoms with E-state index in [-0.39, 0.29) is 11.7 Å². The molecule has 0 aromatic heterocycles. The van der Waals surface area contributed by atoms with Crippen LogP contribution >= 0.6 is 0 Å². The highest BCUT2D eigenvalue weighted by Gasteiger charge is 2.34. The van der Waals surface area contributed by atoms with E-state index in [0.717, 1.165) is 38.5 Å². The molecule has 0 atom stereocenters. The maximum Gasteiger partial charge on any atom is 0.410 e. The van der Waals surface area contributed by atoms with Crippen molar-refractivity contribution in [2.45, 2.75) is 71.0 Å². The van der Waals surface area contributed by atoms with Gasteiger partial charge in [-0.3, -0.25) is 0 Å². The van der Waals surface area contributed by atoms with E-state index < -0.39 is 5.60 Å². The predicted molar refractivity (Wildman–Crippen MR) is 78.7 cm³/mol. The summed E-state index contributed by atoms with van der Waals surface area (Å²) < 4.78 is 11.5. The van der Waals surface area contributed by atoms with Crippen LogP contribution in [0.2, 0.25) is 0 Å². The second-order valence-electron chi connectivity index (χ2n) is 7.50. The maximum absolute atomic E-state index is 12.0. The van der Waals surface area contributed by atoms with Crippen molar-refractivity contribution in [3.8, 4) is 0 Å². The summed E-state index contributed by atoms with van der Waals surface area (Å²) in [5, 5.41) is 0. The zero-order valence-corrected chi connectivity index (χ0v) is 13.4. The van der Waals surface area contributed by atoms with E-state index in [1.807, 2.05) is 20.8 Å². The Kier molecular flexibility index (Phi) is 4.62. The molecule has 4 nitrogen and oxygen atoms in total. The molecular formula is C16H29NO3. The molecule has 1 saturated carbocycles. The third-order valence-electron chi connectivity index (χ3n) is 4.15. The number of hydrogen-bond donors (Lipinski definition) is 0. The first kappa shape index (κ1) is 15.6. The molecule has 0 unspecified atom stereocenters. The van der Waals surface area contributed by atoms with E-state index in [9.17, 15) is 4.79 Å². The lowest BCUT2D eigenvalue weighted by Gasteiger charge is -2.39. The largest absolute Gasteiger partial charge is 0.444 e. The number of ether oxygens (including phenoxy) is 2. The average Bonchev–Trinajstić information content (AvgIpc) is 3.11. The predicted octanol–water partition coefficient (Wildman–Crippen LogP) is 3.59. The summed E-state index contributed by atoms with van der Waals surface area (Å²) in [4.78, 5) is 13.8. The lowest BCUT2D eigenvalue weighted by atomic mass is 9.93. The minimum atomic E-state index is -0.418. The van der Waals surface area contributed by atoms with Crippen molar-refractivity contribution < 1.29 is 14.3 Å². The van der Waals surface area contributed by atoms with Crippen molar-refractivity contribution in [3.05, 3.63) is 0 Å². The first-order valence-corrected chi connectivity index (χ1v) is 7.89. The Labute approximate surface area is 122 Å². The Morgan fingerprint density at radius 2 is 1.85 bits per heavy atom. The van der Waals surface area contributed by atoms with Gasteiger partial charge in [0.25, 0.3) is 0 Å². The summed E-state index contributed by atoms with van der Waals surface area (Å²) in [5.41, 5.74) is -0.480. The highest BCUT2D eigenvalue weighted by molar-refractivity contribution is 5.68. The molecule has 4 heteroatoms. The van der Waals surface area contributed by atoms with Crippen molar-refractivity contribution in [2.24, 2.45) is 5.92 Å². The second kappa shape index (κ2) is 5.92. The Morgan fingerprint density at radius 1 is 1.25 bits per heavy atom. The molecule has 116 valence electrons. The summed E-state index contributed by atoms with van der Waals surface area (Å²) in [6.07, 6.45) is 5.57. The second-order valence-corrected chi connectivity index (χ2v) is 7.50. The van der Waals surface area contributed by atoms with Gasteiger partial charge >= 0.3 is 6.09 Å². The fourth-order valence-corrected chi connectivity index (χ4v) is 2.51. The molecule has 2 rings (SSSR count). The lowest BCUT2D eigenvalue weighted by molar-refractivity contribution is -0.0740. The highest BCUT2D eigenvalue weighted by atomic mass is 16.6. The van der Waals surface area contributed by atoms with Crippen LogP contribution in [0.3, 0.4) is 0 Å². The van der Waals surface area contributed by atoms with Gasteiger partial charge in [0.1, 0.15) is 5.60 Å². The van der Waals surface area contributed by atoms with E-state index >= 15 is 0 Å². The fraction of sp³-hybridized carbons (Fsp3) is 0.938. The van der Waals surface area contributed by atoms with Crippen LogP contribution in [-0.4, -0.2) is 41.9 Å². The third kappa shape index (κ3) is 4.97.